The number of fused-ring (bicyclic) bond motifs is 1. The van der Waals surface area contributed by atoms with E-state index in [4.69, 9.17) is 28.4 Å². The number of ketones is 1. The van der Waals surface area contributed by atoms with Crippen LogP contribution >= 0.6 is 0 Å². The summed E-state index contributed by atoms with van der Waals surface area (Å²) in [4.78, 5) is 27.6. The van der Waals surface area contributed by atoms with Crippen LogP contribution in [0.1, 0.15) is 102 Å². The summed E-state index contributed by atoms with van der Waals surface area (Å²) in [5.41, 5.74) is -4.09. The molecule has 8 unspecified atom stereocenters. The molecule has 4 N–H and O–H groups in total. The van der Waals surface area contributed by atoms with Crippen LogP contribution in [0.2, 0.25) is 0 Å². The largest absolute Gasteiger partial charge is 0.459 e. The predicted octanol–water partition coefficient (Wildman–Crippen LogP) is 2.88. The number of ether oxygens (including phenoxy) is 6. The monoisotopic (exact) mass is 672 g/mol. The highest BCUT2D eigenvalue weighted by atomic mass is 16.7. The summed E-state index contributed by atoms with van der Waals surface area (Å²) in [7, 11) is 0. The van der Waals surface area contributed by atoms with E-state index in [0.717, 1.165) is 0 Å². The Morgan fingerprint density at radius 1 is 0.894 bits per heavy atom. The molecule has 272 valence electrons. The fourth-order valence-corrected chi connectivity index (χ4v) is 8.35. The summed E-state index contributed by atoms with van der Waals surface area (Å²) in [6, 6.07) is 0. The number of rotatable bonds is 5. The first-order chi connectivity index (χ1) is 21.6. The van der Waals surface area contributed by atoms with Crippen LogP contribution in [0.4, 0.5) is 0 Å². The molecule has 4 rings (SSSR count). The molecule has 18 atom stereocenters. The third-order valence-corrected chi connectivity index (χ3v) is 11.3. The smallest absolute Gasteiger partial charge is 0.311 e. The van der Waals surface area contributed by atoms with Crippen molar-refractivity contribution in [1.82, 2.24) is 0 Å². The fraction of sp³-hybridized carbons (Fsp3) is 0.943. The number of hydrogen-bond donors (Lipinski definition) is 4. The molecule has 12 nitrogen and oxygen atoms in total. The third kappa shape index (κ3) is 7.91. The number of hydrogen-bond acceptors (Lipinski definition) is 12. The summed E-state index contributed by atoms with van der Waals surface area (Å²) in [6.45, 7) is 18.9. The second kappa shape index (κ2) is 14.2. The highest BCUT2D eigenvalue weighted by Gasteiger charge is 2.61. The summed E-state index contributed by atoms with van der Waals surface area (Å²) >= 11 is 0. The first kappa shape index (κ1) is 38.6. The Balaban J connectivity index is 1.78. The van der Waals surface area contributed by atoms with Crippen molar-refractivity contribution in [1.29, 1.82) is 0 Å². The van der Waals surface area contributed by atoms with Gasteiger partial charge in [0.2, 0.25) is 0 Å². The highest BCUT2D eigenvalue weighted by molar-refractivity contribution is 5.83. The van der Waals surface area contributed by atoms with Crippen LogP contribution in [0.15, 0.2) is 0 Å². The normalized spacial score (nSPS) is 53.5. The summed E-state index contributed by atoms with van der Waals surface area (Å²) in [6.07, 6.45) is -7.01. The molecule has 0 aromatic heterocycles. The number of Topliss-reactive ketones (excluding diaryl/α,β-unsaturated/α-hetero) is 1. The van der Waals surface area contributed by atoms with Gasteiger partial charge in [0.25, 0.3) is 0 Å². The highest BCUT2D eigenvalue weighted by Crippen LogP contribution is 2.48. The van der Waals surface area contributed by atoms with Crippen molar-refractivity contribution in [2.75, 3.05) is 0 Å². The zero-order valence-electron chi connectivity index (χ0n) is 30.0. The van der Waals surface area contributed by atoms with Crippen molar-refractivity contribution < 1.29 is 58.4 Å². The molecule has 0 aromatic carbocycles. The van der Waals surface area contributed by atoms with Crippen LogP contribution in [-0.4, -0.2) is 110 Å². The quantitative estimate of drug-likeness (QED) is 0.249. The molecular weight excluding hydrogens is 612 g/mol. The molecular formula is C35H60O12. The van der Waals surface area contributed by atoms with Gasteiger partial charge in [-0.1, -0.05) is 34.6 Å². The molecule has 4 heterocycles. The second-order valence-electron chi connectivity index (χ2n) is 15.8. The summed E-state index contributed by atoms with van der Waals surface area (Å²) in [5.74, 6) is -4.74. The molecule has 0 bridgehead atoms. The Hall–Kier alpha value is -1.22. The Bertz CT molecular complexity index is 1110. The summed E-state index contributed by atoms with van der Waals surface area (Å²) in [5, 5.41) is 46.1. The lowest BCUT2D eigenvalue weighted by atomic mass is 9.74. The first-order valence-corrected chi connectivity index (χ1v) is 17.5. The van der Waals surface area contributed by atoms with E-state index in [1.54, 1.807) is 34.6 Å². The average Bonchev–Trinajstić information content (AvgIpc) is 3.68. The number of cyclic esters (lactones) is 1. The van der Waals surface area contributed by atoms with Gasteiger partial charge in [-0.05, 0) is 66.7 Å². The van der Waals surface area contributed by atoms with Crippen LogP contribution in [0, 0.1) is 29.6 Å². The standard InChI is InChI=1S/C35H60O12/c1-12-23-35(11,41)28(38)19(5)25(36)17(3)14-33(9,40)29(46-32-26(37)16(2)13-18(4)42-32)20(6)27(21(7)31(39)44-23)45-24-15-34(10)30(47-34)22(8)43-24/h16-24,26-30,32,37-38,40-41H,12-15H2,1-11H3/t16?,17-,18?,19+,20+,21-,22?,23-,24?,26?,27+,28-,29-,30?,32?,33+,34?,35-/m1/s1. The maximum Gasteiger partial charge on any atom is 0.311 e. The maximum atomic E-state index is 13.9. The van der Waals surface area contributed by atoms with Crippen LogP contribution < -0.4 is 0 Å². The number of carbonyl (C=O) groups is 2. The van der Waals surface area contributed by atoms with Crippen LogP contribution in [0.25, 0.3) is 0 Å². The lowest BCUT2D eigenvalue weighted by molar-refractivity contribution is -0.306. The van der Waals surface area contributed by atoms with Gasteiger partial charge in [-0.3, -0.25) is 9.59 Å². The molecule has 0 amide bonds. The van der Waals surface area contributed by atoms with Gasteiger partial charge in [-0.15, -0.1) is 0 Å². The molecule has 4 fully saturated rings. The van der Waals surface area contributed by atoms with Gasteiger partial charge in [0.15, 0.2) is 12.6 Å². The predicted molar refractivity (Wildman–Crippen MR) is 170 cm³/mol. The van der Waals surface area contributed by atoms with Crippen molar-refractivity contribution in [2.24, 2.45) is 29.6 Å². The number of esters is 1. The topological polar surface area (TPSA) is 174 Å². The average molecular weight is 673 g/mol. The lowest BCUT2D eigenvalue weighted by Gasteiger charge is -2.47. The minimum atomic E-state index is -1.95. The Labute approximate surface area is 279 Å². The molecule has 0 radical (unpaired) electrons. The van der Waals surface area contributed by atoms with Gasteiger partial charge in [0, 0.05) is 24.2 Å². The zero-order valence-corrected chi connectivity index (χ0v) is 30.0. The molecule has 0 spiro atoms. The number of aliphatic hydroxyl groups is 4. The molecule has 0 aliphatic carbocycles. The Morgan fingerprint density at radius 3 is 2.13 bits per heavy atom. The van der Waals surface area contributed by atoms with E-state index in [0.29, 0.717) is 12.8 Å². The van der Waals surface area contributed by atoms with Crippen molar-refractivity contribution in [3.8, 4) is 0 Å². The Morgan fingerprint density at radius 2 is 1.53 bits per heavy atom. The van der Waals surface area contributed by atoms with Crippen LogP contribution in [-0.2, 0) is 38.0 Å². The molecule has 12 heteroatoms. The van der Waals surface area contributed by atoms with Crippen molar-refractivity contribution in [3.63, 3.8) is 0 Å². The number of epoxide rings is 1. The van der Waals surface area contributed by atoms with Crippen LogP contribution in [0.5, 0.6) is 0 Å². The van der Waals surface area contributed by atoms with Gasteiger partial charge in [0.1, 0.15) is 29.7 Å². The van der Waals surface area contributed by atoms with Gasteiger partial charge in [-0.2, -0.15) is 0 Å². The zero-order chi connectivity index (χ0) is 35.4. The maximum absolute atomic E-state index is 13.9. The van der Waals surface area contributed by atoms with E-state index >= 15 is 0 Å². The minimum absolute atomic E-state index is 0.0581. The van der Waals surface area contributed by atoms with Gasteiger partial charge < -0.3 is 48.8 Å². The number of aliphatic hydroxyl groups excluding tert-OH is 2. The van der Waals surface area contributed by atoms with E-state index < -0.39 is 89.5 Å². The summed E-state index contributed by atoms with van der Waals surface area (Å²) < 4.78 is 37.2. The van der Waals surface area contributed by atoms with E-state index in [-0.39, 0.29) is 42.9 Å². The van der Waals surface area contributed by atoms with Crippen molar-refractivity contribution >= 4 is 11.8 Å². The number of carbonyl (C=O) groups excluding carboxylic acids is 2. The molecule has 0 aromatic rings. The van der Waals surface area contributed by atoms with Gasteiger partial charge in [-0.25, -0.2) is 0 Å². The van der Waals surface area contributed by atoms with E-state index in [9.17, 15) is 30.0 Å². The lowest BCUT2D eigenvalue weighted by Crippen LogP contribution is -2.59. The van der Waals surface area contributed by atoms with Gasteiger partial charge >= 0.3 is 5.97 Å². The van der Waals surface area contributed by atoms with Gasteiger partial charge in [0.05, 0.1) is 47.6 Å². The molecule has 4 saturated heterocycles. The van der Waals surface area contributed by atoms with Crippen LogP contribution in [0.3, 0.4) is 0 Å². The minimum Gasteiger partial charge on any atom is -0.459 e. The van der Waals surface area contributed by atoms with E-state index in [1.165, 1.54) is 13.8 Å². The second-order valence-corrected chi connectivity index (χ2v) is 15.8. The third-order valence-electron chi connectivity index (χ3n) is 11.3. The van der Waals surface area contributed by atoms with Crippen molar-refractivity contribution in [3.05, 3.63) is 0 Å². The van der Waals surface area contributed by atoms with Crippen molar-refractivity contribution in [2.45, 2.75) is 180 Å². The SMILES string of the molecule is CC[C@H]1OC(=O)[C@H](C)[C@@H](OC2CC3(C)OC3C(C)O2)[C@H](C)[C@@H](OC2OC(C)CC(C)C2O)[C@@](C)(O)C[C@@H](C)C(=O)[C@H](C)[C@@H](O)[C@]1(C)O. The van der Waals surface area contributed by atoms with E-state index in [1.807, 2.05) is 27.7 Å². The van der Waals surface area contributed by atoms with E-state index in [2.05, 4.69) is 0 Å². The first-order valence-electron chi connectivity index (χ1n) is 17.5. The molecule has 0 saturated carbocycles. The molecule has 4 aliphatic heterocycles. The fourth-order valence-electron chi connectivity index (χ4n) is 8.35. The Kier molecular flexibility index (Phi) is 11.6. The molecule has 4 aliphatic rings. The molecule has 47 heavy (non-hydrogen) atoms.